The monoisotopic (exact) mass is 274 g/mol. The lowest BCUT2D eigenvalue weighted by Crippen LogP contribution is -2.06. The molecular weight excluding hydrogens is 259 g/mol. The van der Waals surface area contributed by atoms with Crippen molar-refractivity contribution in [2.24, 2.45) is 0 Å². The molecule has 0 heterocycles. The highest BCUT2D eigenvalue weighted by Gasteiger charge is 2.16. The molecule has 104 valence electrons. The van der Waals surface area contributed by atoms with Crippen molar-refractivity contribution in [3.63, 3.8) is 0 Å². The molecule has 0 fully saturated rings. The van der Waals surface area contributed by atoms with Crippen molar-refractivity contribution in [2.75, 3.05) is 13.7 Å². The van der Waals surface area contributed by atoms with E-state index in [1.807, 2.05) is 6.92 Å². The molecule has 0 aliphatic carbocycles. The highest BCUT2D eigenvalue weighted by atomic mass is 19.1. The summed E-state index contributed by atoms with van der Waals surface area (Å²) in [6.07, 6.45) is 0. The van der Waals surface area contributed by atoms with E-state index in [9.17, 15) is 9.18 Å². The van der Waals surface area contributed by atoms with Gasteiger partial charge in [0.2, 0.25) is 0 Å². The van der Waals surface area contributed by atoms with Gasteiger partial charge in [-0.15, -0.1) is 0 Å². The molecule has 0 atom stereocenters. The largest absolute Gasteiger partial charge is 0.494 e. The Bertz CT molecular complexity index is 623. The summed E-state index contributed by atoms with van der Waals surface area (Å²) in [5.74, 6) is -0.164. The first-order valence-electron chi connectivity index (χ1n) is 6.27. The Morgan fingerprint density at radius 1 is 1.15 bits per heavy atom. The number of carbonyl (C=O) groups excluding carboxylic acids is 1. The van der Waals surface area contributed by atoms with E-state index in [-0.39, 0.29) is 11.5 Å². The molecule has 0 aliphatic heterocycles. The van der Waals surface area contributed by atoms with Crippen LogP contribution in [0.3, 0.4) is 0 Å². The predicted octanol–water partition coefficient (Wildman–Crippen LogP) is 3.46. The van der Waals surface area contributed by atoms with E-state index >= 15 is 0 Å². The van der Waals surface area contributed by atoms with E-state index in [1.54, 1.807) is 24.3 Å². The van der Waals surface area contributed by atoms with Gasteiger partial charge < -0.3 is 9.47 Å². The van der Waals surface area contributed by atoms with Crippen LogP contribution in [0.2, 0.25) is 0 Å². The molecule has 2 rings (SSSR count). The fourth-order valence-electron chi connectivity index (χ4n) is 1.89. The first kappa shape index (κ1) is 14.1. The number of hydrogen-bond acceptors (Lipinski definition) is 3. The van der Waals surface area contributed by atoms with Gasteiger partial charge in [0, 0.05) is 5.56 Å². The van der Waals surface area contributed by atoms with Crippen molar-refractivity contribution < 1.29 is 18.7 Å². The van der Waals surface area contributed by atoms with Crippen LogP contribution in [0.1, 0.15) is 22.8 Å². The van der Waals surface area contributed by atoms with E-state index in [4.69, 9.17) is 9.47 Å². The Labute approximate surface area is 117 Å². The van der Waals surface area contributed by atoms with Gasteiger partial charge in [-0.25, -0.2) is 4.39 Å². The summed E-state index contributed by atoms with van der Waals surface area (Å²) in [6.45, 7) is 2.32. The second-order valence-corrected chi connectivity index (χ2v) is 4.11. The zero-order valence-electron chi connectivity index (χ0n) is 11.4. The van der Waals surface area contributed by atoms with E-state index in [0.29, 0.717) is 23.5 Å². The van der Waals surface area contributed by atoms with Crippen molar-refractivity contribution >= 4 is 5.78 Å². The van der Waals surface area contributed by atoms with Crippen LogP contribution in [0.4, 0.5) is 4.39 Å². The van der Waals surface area contributed by atoms with Crippen molar-refractivity contribution in [3.8, 4) is 11.5 Å². The van der Waals surface area contributed by atoms with Gasteiger partial charge in [-0.3, -0.25) is 4.79 Å². The van der Waals surface area contributed by atoms with Crippen molar-refractivity contribution in [1.29, 1.82) is 0 Å². The molecule has 4 heteroatoms. The molecule has 0 aromatic heterocycles. The molecule has 0 radical (unpaired) electrons. The molecular formula is C16H15FO3. The lowest BCUT2D eigenvalue weighted by Gasteiger charge is -2.10. The first-order valence-corrected chi connectivity index (χ1v) is 6.27. The van der Waals surface area contributed by atoms with Crippen LogP contribution in [-0.2, 0) is 0 Å². The summed E-state index contributed by atoms with van der Waals surface area (Å²) in [5, 5.41) is 0. The Balaban J connectivity index is 2.41. The summed E-state index contributed by atoms with van der Waals surface area (Å²) in [7, 11) is 1.36. The fraction of sp³-hybridized carbons (Fsp3) is 0.188. The second kappa shape index (κ2) is 6.19. The Kier molecular flexibility index (Phi) is 4.35. The number of halogens is 1. The van der Waals surface area contributed by atoms with Crippen LogP contribution in [-0.4, -0.2) is 19.5 Å². The lowest BCUT2D eigenvalue weighted by atomic mass is 10.0. The van der Waals surface area contributed by atoms with Gasteiger partial charge in [0.25, 0.3) is 0 Å². The minimum atomic E-state index is -0.498. The molecule has 0 unspecified atom stereocenters. The molecule has 0 saturated carbocycles. The standard InChI is InChI=1S/C16H15FO3/c1-3-20-14-7-5-4-6-12(14)16(18)11-8-9-13(17)15(10-11)19-2/h4-10H,3H2,1-2H3. The molecule has 0 amide bonds. The number of para-hydroxylation sites is 1. The maximum Gasteiger partial charge on any atom is 0.196 e. The van der Waals surface area contributed by atoms with Gasteiger partial charge in [0.05, 0.1) is 19.3 Å². The highest BCUT2D eigenvalue weighted by molar-refractivity contribution is 6.10. The van der Waals surface area contributed by atoms with Gasteiger partial charge in [0.1, 0.15) is 5.75 Å². The molecule has 2 aromatic carbocycles. The zero-order valence-corrected chi connectivity index (χ0v) is 11.4. The third-order valence-corrected chi connectivity index (χ3v) is 2.84. The SMILES string of the molecule is CCOc1ccccc1C(=O)c1ccc(F)c(OC)c1. The summed E-state index contributed by atoms with van der Waals surface area (Å²) < 4.78 is 23.7. The topological polar surface area (TPSA) is 35.5 Å². The summed E-state index contributed by atoms with van der Waals surface area (Å²) in [6, 6.07) is 11.0. The molecule has 3 nitrogen and oxygen atoms in total. The minimum Gasteiger partial charge on any atom is -0.494 e. The van der Waals surface area contributed by atoms with Crippen LogP contribution in [0, 0.1) is 5.82 Å². The maximum absolute atomic E-state index is 13.4. The number of benzene rings is 2. The van der Waals surface area contributed by atoms with Gasteiger partial charge in [-0.1, -0.05) is 12.1 Å². The molecule has 0 bridgehead atoms. The third-order valence-electron chi connectivity index (χ3n) is 2.84. The van der Waals surface area contributed by atoms with Gasteiger partial charge >= 0.3 is 0 Å². The smallest absolute Gasteiger partial charge is 0.196 e. The van der Waals surface area contributed by atoms with E-state index in [1.165, 1.54) is 25.3 Å². The zero-order chi connectivity index (χ0) is 14.5. The van der Waals surface area contributed by atoms with E-state index in [2.05, 4.69) is 0 Å². The minimum absolute atomic E-state index is 0.0461. The number of ketones is 1. The van der Waals surface area contributed by atoms with Gasteiger partial charge in [-0.2, -0.15) is 0 Å². The quantitative estimate of drug-likeness (QED) is 0.783. The Morgan fingerprint density at radius 3 is 2.60 bits per heavy atom. The lowest BCUT2D eigenvalue weighted by molar-refractivity contribution is 0.103. The van der Waals surface area contributed by atoms with Crippen LogP contribution in [0.15, 0.2) is 42.5 Å². The van der Waals surface area contributed by atoms with Crippen molar-refractivity contribution in [3.05, 3.63) is 59.4 Å². The molecule has 20 heavy (non-hydrogen) atoms. The van der Waals surface area contributed by atoms with Crippen LogP contribution >= 0.6 is 0 Å². The number of hydrogen-bond donors (Lipinski definition) is 0. The number of ether oxygens (including phenoxy) is 2. The summed E-state index contributed by atoms with van der Waals surface area (Å²) in [4.78, 5) is 12.5. The van der Waals surface area contributed by atoms with E-state index in [0.717, 1.165) is 0 Å². The first-order chi connectivity index (χ1) is 9.67. The maximum atomic E-state index is 13.4. The molecule has 2 aromatic rings. The van der Waals surface area contributed by atoms with Gasteiger partial charge in [0.15, 0.2) is 17.3 Å². The third kappa shape index (κ3) is 2.79. The van der Waals surface area contributed by atoms with E-state index < -0.39 is 5.82 Å². The van der Waals surface area contributed by atoms with Crippen LogP contribution in [0.25, 0.3) is 0 Å². The number of methoxy groups -OCH3 is 1. The van der Waals surface area contributed by atoms with Crippen LogP contribution in [0.5, 0.6) is 11.5 Å². The molecule has 0 spiro atoms. The second-order valence-electron chi connectivity index (χ2n) is 4.11. The van der Waals surface area contributed by atoms with Crippen molar-refractivity contribution in [1.82, 2.24) is 0 Å². The Hall–Kier alpha value is -2.36. The van der Waals surface area contributed by atoms with Gasteiger partial charge in [-0.05, 0) is 37.3 Å². The highest BCUT2D eigenvalue weighted by Crippen LogP contribution is 2.24. The average Bonchev–Trinajstić information content (AvgIpc) is 2.48. The summed E-state index contributed by atoms with van der Waals surface area (Å²) >= 11 is 0. The fourth-order valence-corrected chi connectivity index (χ4v) is 1.89. The molecule has 0 saturated heterocycles. The normalized spacial score (nSPS) is 10.2. The Morgan fingerprint density at radius 2 is 1.90 bits per heavy atom. The average molecular weight is 274 g/mol. The number of carbonyl (C=O) groups is 1. The predicted molar refractivity (Wildman–Crippen MR) is 74.0 cm³/mol. The van der Waals surface area contributed by atoms with Crippen molar-refractivity contribution in [2.45, 2.75) is 6.92 Å². The van der Waals surface area contributed by atoms with Crippen LogP contribution < -0.4 is 9.47 Å². The summed E-state index contributed by atoms with van der Waals surface area (Å²) in [5.41, 5.74) is 0.804. The molecule has 0 N–H and O–H groups in total. The molecule has 0 aliphatic rings. The number of rotatable bonds is 5.